The number of halogens is 2. The number of nitrogen functional groups attached to an aromatic ring is 1. The number of carbonyl (C=O) groups excluding carboxylic acids is 5. The van der Waals surface area contributed by atoms with Crippen LogP contribution in [0.2, 0.25) is 0 Å². The third kappa shape index (κ3) is 18.8. The van der Waals surface area contributed by atoms with Crippen LogP contribution in [-0.2, 0) is 28.5 Å². The molecule has 0 aliphatic heterocycles. The highest BCUT2D eigenvalue weighted by Gasteiger charge is 2.23. The second-order valence-corrected chi connectivity index (χ2v) is 12.0. The standard InChI is InChI=1S/C16H21FN2O5.C8H8FNO2.C8H15NO4.CH4/c1-9(18-15(22)24-16(2,3)4)13(20)19-12-8-10(14(21)23-5)6-7-11(12)17;1-12-8(11)5-2-3-6(9)7(10)4-5;1-5(6(10)11)9-7(12)13-8(2,3)4;/h6-9H,1-5H3,(H,18,22)(H,19,20);2-4H,10H2,1H3;5H,1-4H3,(H,9,12)(H,10,11);1H4/t9-;;5-;/m0.0./s1. The molecule has 2 rings (SSSR count). The Morgan fingerprint density at radius 1 is 0.720 bits per heavy atom. The summed E-state index contributed by atoms with van der Waals surface area (Å²) in [5.41, 5.74) is 3.99. The molecule has 280 valence electrons. The minimum Gasteiger partial charge on any atom is -0.480 e. The number of carbonyl (C=O) groups is 6. The van der Waals surface area contributed by atoms with Crippen LogP contribution >= 0.6 is 0 Å². The first-order chi connectivity index (χ1) is 22.4. The Hall–Kier alpha value is -5.48. The molecule has 15 nitrogen and oxygen atoms in total. The van der Waals surface area contributed by atoms with Gasteiger partial charge in [-0.2, -0.15) is 0 Å². The van der Waals surface area contributed by atoms with Crippen molar-refractivity contribution in [1.29, 1.82) is 0 Å². The van der Waals surface area contributed by atoms with Crippen molar-refractivity contribution in [2.45, 2.75) is 86.1 Å². The fraction of sp³-hybridized carbons (Fsp3) is 0.455. The lowest BCUT2D eigenvalue weighted by atomic mass is 10.2. The second-order valence-electron chi connectivity index (χ2n) is 12.0. The predicted octanol–water partition coefficient (Wildman–Crippen LogP) is 5.28. The van der Waals surface area contributed by atoms with Crippen LogP contribution in [0.15, 0.2) is 36.4 Å². The van der Waals surface area contributed by atoms with Gasteiger partial charge in [0, 0.05) is 0 Å². The van der Waals surface area contributed by atoms with Crippen LogP contribution in [0.5, 0.6) is 0 Å². The SMILES string of the molecule is C.COC(=O)c1ccc(F)c(N)c1.COC(=O)c1ccc(F)c(NC(=O)[C@H](C)NC(=O)OC(C)(C)C)c1.C[C@H](NC(=O)OC(C)(C)C)C(=O)O. The first-order valence-corrected chi connectivity index (χ1v) is 14.4. The molecule has 2 atom stereocenters. The molecular formula is C33H48F2N4O11. The summed E-state index contributed by atoms with van der Waals surface area (Å²) in [6, 6.07) is 5.20. The number of carboxylic acids is 1. The number of amides is 3. The van der Waals surface area contributed by atoms with Crippen molar-refractivity contribution in [2.24, 2.45) is 0 Å². The van der Waals surface area contributed by atoms with Crippen LogP contribution in [0.3, 0.4) is 0 Å². The molecule has 6 N–H and O–H groups in total. The molecule has 2 aromatic carbocycles. The number of aliphatic carboxylic acids is 1. The first kappa shape index (κ1) is 46.6. The zero-order valence-electron chi connectivity index (χ0n) is 29.0. The van der Waals surface area contributed by atoms with Gasteiger partial charge in [0.05, 0.1) is 36.7 Å². The van der Waals surface area contributed by atoms with Crippen LogP contribution in [0.4, 0.5) is 29.7 Å². The number of carboxylic acid groups (broad SMARTS) is 1. The Bertz CT molecular complexity index is 1490. The number of anilines is 2. The zero-order valence-corrected chi connectivity index (χ0v) is 29.0. The van der Waals surface area contributed by atoms with Gasteiger partial charge >= 0.3 is 30.1 Å². The average molecular weight is 715 g/mol. The second kappa shape index (κ2) is 20.8. The fourth-order valence-electron chi connectivity index (χ4n) is 2.99. The molecule has 0 saturated carbocycles. The summed E-state index contributed by atoms with van der Waals surface area (Å²) in [6.07, 6.45) is -1.49. The number of ether oxygens (including phenoxy) is 4. The van der Waals surface area contributed by atoms with Gasteiger partial charge < -0.3 is 45.7 Å². The number of nitrogens with one attached hydrogen (secondary N) is 3. The summed E-state index contributed by atoms with van der Waals surface area (Å²) >= 11 is 0. The number of esters is 2. The number of nitrogens with two attached hydrogens (primary N) is 1. The summed E-state index contributed by atoms with van der Waals surface area (Å²) in [4.78, 5) is 67.3. The molecule has 0 aliphatic carbocycles. The highest BCUT2D eigenvalue weighted by atomic mass is 19.1. The van der Waals surface area contributed by atoms with Gasteiger partial charge in [0.1, 0.15) is 34.9 Å². The van der Waals surface area contributed by atoms with E-state index in [2.05, 4.69) is 25.4 Å². The van der Waals surface area contributed by atoms with E-state index in [0.717, 1.165) is 18.2 Å². The van der Waals surface area contributed by atoms with Gasteiger partial charge in [-0.25, -0.2) is 28.0 Å². The molecule has 0 saturated heterocycles. The molecule has 0 unspecified atom stereocenters. The van der Waals surface area contributed by atoms with Gasteiger partial charge in [-0.05, 0) is 91.8 Å². The molecule has 0 aromatic heterocycles. The van der Waals surface area contributed by atoms with Gasteiger partial charge in [-0.3, -0.25) is 9.59 Å². The molecule has 0 aliphatic rings. The smallest absolute Gasteiger partial charge is 0.408 e. The molecule has 17 heteroatoms. The van der Waals surface area contributed by atoms with Gasteiger partial charge in [0.2, 0.25) is 5.91 Å². The van der Waals surface area contributed by atoms with E-state index < -0.39 is 70.9 Å². The molecule has 0 fully saturated rings. The van der Waals surface area contributed by atoms with E-state index in [1.165, 1.54) is 46.3 Å². The Labute approximate surface area is 290 Å². The van der Waals surface area contributed by atoms with Crippen LogP contribution in [0.1, 0.15) is 83.5 Å². The van der Waals surface area contributed by atoms with E-state index in [1.807, 2.05) is 0 Å². The largest absolute Gasteiger partial charge is 0.480 e. The fourth-order valence-corrected chi connectivity index (χ4v) is 2.99. The number of hydrogen-bond donors (Lipinski definition) is 5. The van der Waals surface area contributed by atoms with Crippen molar-refractivity contribution in [3.05, 3.63) is 59.2 Å². The first-order valence-electron chi connectivity index (χ1n) is 14.4. The lowest BCUT2D eigenvalue weighted by molar-refractivity contribution is -0.139. The monoisotopic (exact) mass is 714 g/mol. The Kier molecular flexibility index (Phi) is 19.4. The van der Waals surface area contributed by atoms with Gasteiger partial charge in [-0.15, -0.1) is 0 Å². The van der Waals surface area contributed by atoms with Gasteiger partial charge in [0.15, 0.2) is 0 Å². The number of hydrogen-bond acceptors (Lipinski definition) is 11. The Balaban J connectivity index is 0. The third-order valence-corrected chi connectivity index (χ3v) is 5.29. The van der Waals surface area contributed by atoms with Crippen molar-refractivity contribution in [3.63, 3.8) is 0 Å². The quantitative estimate of drug-likeness (QED) is 0.140. The molecule has 0 radical (unpaired) electrons. The maximum Gasteiger partial charge on any atom is 0.408 e. The van der Waals surface area contributed by atoms with Crippen LogP contribution < -0.4 is 21.7 Å². The van der Waals surface area contributed by atoms with E-state index in [9.17, 15) is 37.5 Å². The minimum atomic E-state index is -1.09. The summed E-state index contributed by atoms with van der Waals surface area (Å²) in [5.74, 6) is -4.21. The van der Waals surface area contributed by atoms with E-state index in [0.29, 0.717) is 0 Å². The summed E-state index contributed by atoms with van der Waals surface area (Å²) in [7, 11) is 2.44. The Morgan fingerprint density at radius 3 is 1.50 bits per heavy atom. The Morgan fingerprint density at radius 2 is 1.12 bits per heavy atom. The van der Waals surface area contributed by atoms with E-state index >= 15 is 0 Å². The highest BCUT2D eigenvalue weighted by Crippen LogP contribution is 2.17. The lowest BCUT2D eigenvalue weighted by Gasteiger charge is -2.21. The molecule has 50 heavy (non-hydrogen) atoms. The highest BCUT2D eigenvalue weighted by molar-refractivity contribution is 5.98. The number of rotatable bonds is 7. The minimum absolute atomic E-state index is 0. The number of alkyl carbamates (subject to hydrolysis) is 2. The van der Waals surface area contributed by atoms with Crippen molar-refractivity contribution in [2.75, 3.05) is 25.3 Å². The molecule has 2 aromatic rings. The van der Waals surface area contributed by atoms with E-state index in [1.54, 1.807) is 41.5 Å². The predicted molar refractivity (Wildman–Crippen MR) is 181 cm³/mol. The van der Waals surface area contributed by atoms with Crippen molar-refractivity contribution >= 4 is 47.4 Å². The number of benzene rings is 2. The lowest BCUT2D eigenvalue weighted by Crippen LogP contribution is -2.44. The van der Waals surface area contributed by atoms with E-state index in [4.69, 9.17) is 20.3 Å². The average Bonchev–Trinajstić information content (AvgIpc) is 2.97. The molecule has 0 spiro atoms. The van der Waals surface area contributed by atoms with Gasteiger partial charge in [-0.1, -0.05) is 7.43 Å². The third-order valence-electron chi connectivity index (χ3n) is 5.29. The van der Waals surface area contributed by atoms with Crippen LogP contribution in [0.25, 0.3) is 0 Å². The van der Waals surface area contributed by atoms with Crippen LogP contribution in [0, 0.1) is 11.6 Å². The molecular weight excluding hydrogens is 666 g/mol. The van der Waals surface area contributed by atoms with Crippen molar-refractivity contribution in [1.82, 2.24) is 10.6 Å². The molecule has 3 amide bonds. The maximum atomic E-state index is 13.8. The number of methoxy groups -OCH3 is 2. The summed E-state index contributed by atoms with van der Waals surface area (Å²) in [6.45, 7) is 13.0. The molecule has 0 bridgehead atoms. The normalized spacial score (nSPS) is 11.5. The summed E-state index contributed by atoms with van der Waals surface area (Å²) in [5, 5.41) is 15.3. The zero-order chi connectivity index (χ0) is 38.3. The van der Waals surface area contributed by atoms with Gasteiger partial charge in [0.25, 0.3) is 0 Å². The summed E-state index contributed by atoms with van der Waals surface area (Å²) < 4.78 is 45.2. The van der Waals surface area contributed by atoms with Crippen molar-refractivity contribution in [3.8, 4) is 0 Å². The van der Waals surface area contributed by atoms with E-state index in [-0.39, 0.29) is 29.9 Å². The maximum absolute atomic E-state index is 13.8. The van der Waals surface area contributed by atoms with Crippen LogP contribution in [-0.4, -0.2) is 78.6 Å². The van der Waals surface area contributed by atoms with Crippen molar-refractivity contribution < 1.29 is 61.6 Å². The topological polar surface area (TPSA) is 222 Å². The molecule has 0 heterocycles.